The zero-order valence-electron chi connectivity index (χ0n) is 7.85. The van der Waals surface area contributed by atoms with Crippen molar-refractivity contribution in [3.8, 4) is 0 Å². The molecule has 0 amide bonds. The van der Waals surface area contributed by atoms with E-state index >= 15 is 0 Å². The second kappa shape index (κ2) is 4.31. The minimum absolute atomic E-state index is 0.246. The highest BCUT2D eigenvalue weighted by Crippen LogP contribution is 2.26. The molecule has 2 nitrogen and oxygen atoms in total. The van der Waals surface area contributed by atoms with Gasteiger partial charge in [-0.3, -0.25) is 0 Å². The average Bonchev–Trinajstić information content (AvgIpc) is 2.17. The molecule has 0 unspecified atom stereocenters. The molecule has 76 valence electrons. The highest BCUT2D eigenvalue weighted by molar-refractivity contribution is 7.99. The molecule has 0 saturated heterocycles. The lowest BCUT2D eigenvalue weighted by Crippen LogP contribution is -1.86. The number of anilines is 1. The second-order valence-corrected chi connectivity index (χ2v) is 4.08. The van der Waals surface area contributed by atoms with Gasteiger partial charge in [-0.25, -0.2) is 9.37 Å². The summed E-state index contributed by atoms with van der Waals surface area (Å²) in [5.74, 6) is -0.246. The fraction of sp³-hybridized carbons (Fsp3) is 0. The Labute approximate surface area is 91.3 Å². The maximum absolute atomic E-state index is 12.9. The summed E-state index contributed by atoms with van der Waals surface area (Å²) in [4.78, 5) is 4.94. The molecule has 4 heteroatoms. The molecule has 1 aromatic heterocycles. The number of nitrogens with two attached hydrogens (primary N) is 1. The Hall–Kier alpha value is -1.55. The molecular weight excluding hydrogens is 211 g/mol. The first-order valence-electron chi connectivity index (χ1n) is 4.39. The van der Waals surface area contributed by atoms with E-state index in [1.54, 1.807) is 24.4 Å². The zero-order chi connectivity index (χ0) is 10.7. The van der Waals surface area contributed by atoms with Crippen molar-refractivity contribution < 1.29 is 4.39 Å². The third kappa shape index (κ3) is 2.70. The van der Waals surface area contributed by atoms with Crippen molar-refractivity contribution in [1.29, 1.82) is 0 Å². The standard InChI is InChI=1S/C11H9FN2S/c12-8-2-1-3-10(6-8)15-11-7-9(13)4-5-14-11/h1-7H,(H2,13,14). The van der Waals surface area contributed by atoms with E-state index in [4.69, 9.17) is 5.73 Å². The van der Waals surface area contributed by atoms with Gasteiger partial charge in [-0.05, 0) is 30.3 Å². The number of hydrogen-bond acceptors (Lipinski definition) is 3. The van der Waals surface area contributed by atoms with Crippen LogP contribution in [0.4, 0.5) is 10.1 Å². The van der Waals surface area contributed by atoms with E-state index in [0.717, 1.165) is 9.92 Å². The SMILES string of the molecule is Nc1ccnc(Sc2cccc(F)c2)c1. The number of pyridine rings is 1. The van der Waals surface area contributed by atoms with Gasteiger partial charge in [-0.15, -0.1) is 0 Å². The molecule has 0 aliphatic heterocycles. The predicted octanol–water partition coefficient (Wildman–Crippen LogP) is 2.95. The van der Waals surface area contributed by atoms with E-state index < -0.39 is 0 Å². The third-order valence-corrected chi connectivity index (χ3v) is 2.70. The van der Waals surface area contributed by atoms with Gasteiger partial charge >= 0.3 is 0 Å². The highest BCUT2D eigenvalue weighted by atomic mass is 32.2. The molecule has 0 aliphatic rings. The zero-order valence-corrected chi connectivity index (χ0v) is 8.67. The van der Waals surface area contributed by atoms with Crippen LogP contribution >= 0.6 is 11.8 Å². The van der Waals surface area contributed by atoms with Crippen LogP contribution in [0.15, 0.2) is 52.5 Å². The molecule has 2 rings (SSSR count). The van der Waals surface area contributed by atoms with Crippen LogP contribution in [0.3, 0.4) is 0 Å². The van der Waals surface area contributed by atoms with Crippen molar-refractivity contribution in [3.63, 3.8) is 0 Å². The van der Waals surface area contributed by atoms with Gasteiger partial charge < -0.3 is 5.73 Å². The Kier molecular flexibility index (Phi) is 2.87. The van der Waals surface area contributed by atoms with Crippen LogP contribution in [0.1, 0.15) is 0 Å². The molecule has 0 fully saturated rings. The molecule has 0 saturated carbocycles. The summed E-state index contributed by atoms with van der Waals surface area (Å²) >= 11 is 1.38. The van der Waals surface area contributed by atoms with Crippen LogP contribution in [0, 0.1) is 5.82 Å². The van der Waals surface area contributed by atoms with Gasteiger partial charge in [0.05, 0.1) is 0 Å². The van der Waals surface area contributed by atoms with Gasteiger partial charge in [0.1, 0.15) is 10.8 Å². The topological polar surface area (TPSA) is 38.9 Å². The van der Waals surface area contributed by atoms with Crippen LogP contribution < -0.4 is 5.73 Å². The van der Waals surface area contributed by atoms with Crippen molar-refractivity contribution in [1.82, 2.24) is 4.98 Å². The molecule has 1 aromatic carbocycles. The summed E-state index contributed by atoms with van der Waals surface area (Å²) in [7, 11) is 0. The van der Waals surface area contributed by atoms with Crippen molar-refractivity contribution in [2.24, 2.45) is 0 Å². The van der Waals surface area contributed by atoms with Gasteiger partial charge in [0, 0.05) is 16.8 Å². The summed E-state index contributed by atoms with van der Waals surface area (Å²) in [6, 6.07) is 9.86. The molecule has 0 spiro atoms. The summed E-state index contributed by atoms with van der Waals surface area (Å²) < 4.78 is 12.9. The number of rotatable bonds is 2. The van der Waals surface area contributed by atoms with Crippen LogP contribution in [-0.2, 0) is 0 Å². The molecule has 0 atom stereocenters. The first kappa shape index (κ1) is 9.98. The minimum atomic E-state index is -0.246. The molecular formula is C11H9FN2S. The summed E-state index contributed by atoms with van der Waals surface area (Å²) in [6.45, 7) is 0. The largest absolute Gasteiger partial charge is 0.399 e. The van der Waals surface area contributed by atoms with E-state index in [1.165, 1.54) is 23.9 Å². The molecule has 2 aromatic rings. The Morgan fingerprint density at radius 3 is 2.80 bits per heavy atom. The minimum Gasteiger partial charge on any atom is -0.399 e. The Morgan fingerprint density at radius 1 is 1.20 bits per heavy atom. The number of halogens is 1. The lowest BCUT2D eigenvalue weighted by Gasteiger charge is -2.01. The van der Waals surface area contributed by atoms with Gasteiger partial charge in [-0.2, -0.15) is 0 Å². The summed E-state index contributed by atoms with van der Waals surface area (Å²) in [6.07, 6.45) is 1.64. The smallest absolute Gasteiger partial charge is 0.124 e. The van der Waals surface area contributed by atoms with Crippen LogP contribution in [-0.4, -0.2) is 4.98 Å². The molecule has 0 bridgehead atoms. The third-order valence-electron chi connectivity index (χ3n) is 1.78. The van der Waals surface area contributed by atoms with Gasteiger partial charge in [0.25, 0.3) is 0 Å². The first-order valence-corrected chi connectivity index (χ1v) is 5.20. The highest BCUT2D eigenvalue weighted by Gasteiger charge is 2.00. The maximum Gasteiger partial charge on any atom is 0.124 e. The Balaban J connectivity index is 2.22. The molecule has 2 N–H and O–H groups in total. The molecule has 15 heavy (non-hydrogen) atoms. The van der Waals surface area contributed by atoms with Gasteiger partial charge in [0.2, 0.25) is 0 Å². The van der Waals surface area contributed by atoms with Gasteiger partial charge in [0.15, 0.2) is 0 Å². The monoisotopic (exact) mass is 220 g/mol. The van der Waals surface area contributed by atoms with Crippen LogP contribution in [0.2, 0.25) is 0 Å². The number of aromatic nitrogens is 1. The van der Waals surface area contributed by atoms with Crippen LogP contribution in [0.5, 0.6) is 0 Å². The quantitative estimate of drug-likeness (QED) is 0.845. The summed E-state index contributed by atoms with van der Waals surface area (Å²) in [5, 5.41) is 0.764. The Morgan fingerprint density at radius 2 is 2.07 bits per heavy atom. The second-order valence-electron chi connectivity index (χ2n) is 2.99. The number of nitrogens with zero attached hydrogens (tertiary/aromatic N) is 1. The number of hydrogen-bond donors (Lipinski definition) is 1. The summed E-state index contributed by atoms with van der Waals surface area (Å²) in [5.41, 5.74) is 6.27. The fourth-order valence-corrected chi connectivity index (χ4v) is 2.00. The molecule has 1 heterocycles. The Bertz CT molecular complexity index is 430. The van der Waals surface area contributed by atoms with E-state index in [2.05, 4.69) is 4.98 Å². The van der Waals surface area contributed by atoms with E-state index in [-0.39, 0.29) is 5.82 Å². The fourth-order valence-electron chi connectivity index (χ4n) is 1.13. The predicted molar refractivity (Wildman–Crippen MR) is 59.2 cm³/mol. The lowest BCUT2D eigenvalue weighted by atomic mass is 10.4. The normalized spacial score (nSPS) is 10.2. The molecule has 0 radical (unpaired) electrons. The molecule has 0 aliphatic carbocycles. The number of nitrogen functional groups attached to an aromatic ring is 1. The van der Waals surface area contributed by atoms with E-state index in [1.807, 2.05) is 6.07 Å². The van der Waals surface area contributed by atoms with E-state index in [0.29, 0.717) is 5.69 Å². The van der Waals surface area contributed by atoms with Crippen molar-refractivity contribution in [3.05, 3.63) is 48.4 Å². The number of benzene rings is 1. The lowest BCUT2D eigenvalue weighted by molar-refractivity contribution is 0.624. The van der Waals surface area contributed by atoms with Crippen molar-refractivity contribution in [2.75, 3.05) is 5.73 Å². The van der Waals surface area contributed by atoms with Crippen molar-refractivity contribution in [2.45, 2.75) is 9.92 Å². The van der Waals surface area contributed by atoms with Crippen molar-refractivity contribution >= 4 is 17.4 Å². The maximum atomic E-state index is 12.9. The first-order chi connectivity index (χ1) is 7.24. The average molecular weight is 220 g/mol. The van der Waals surface area contributed by atoms with E-state index in [9.17, 15) is 4.39 Å². The van der Waals surface area contributed by atoms with Gasteiger partial charge in [-0.1, -0.05) is 17.8 Å². The van der Waals surface area contributed by atoms with Crippen LogP contribution in [0.25, 0.3) is 0 Å².